The van der Waals surface area contributed by atoms with Crippen molar-refractivity contribution in [2.75, 3.05) is 0 Å². The standard InChI is InChI=1S/C13H13FN2O/c1-7-6-10(14)4-5-11(7)12-8(2)9(3)13(17)16-15-12/h4-6H,1-3H3,(H,16,17). The molecule has 0 bridgehead atoms. The highest BCUT2D eigenvalue weighted by atomic mass is 19.1. The van der Waals surface area contributed by atoms with Crippen LogP contribution in [0.25, 0.3) is 11.3 Å². The molecule has 0 radical (unpaired) electrons. The second-order valence-electron chi connectivity index (χ2n) is 4.11. The first-order chi connectivity index (χ1) is 8.00. The Kier molecular flexibility index (Phi) is 2.79. The van der Waals surface area contributed by atoms with E-state index in [1.54, 1.807) is 13.0 Å². The third kappa shape index (κ3) is 1.98. The zero-order valence-corrected chi connectivity index (χ0v) is 9.97. The Hall–Kier alpha value is -1.97. The van der Waals surface area contributed by atoms with Crippen molar-refractivity contribution < 1.29 is 4.39 Å². The van der Waals surface area contributed by atoms with Gasteiger partial charge in [-0.2, -0.15) is 5.10 Å². The molecule has 17 heavy (non-hydrogen) atoms. The topological polar surface area (TPSA) is 45.8 Å². The molecule has 3 nitrogen and oxygen atoms in total. The van der Waals surface area contributed by atoms with Gasteiger partial charge in [0, 0.05) is 11.1 Å². The predicted octanol–water partition coefficient (Wildman–Crippen LogP) is 2.50. The number of hydrogen-bond acceptors (Lipinski definition) is 2. The summed E-state index contributed by atoms with van der Waals surface area (Å²) in [6, 6.07) is 4.53. The Bertz CT molecular complexity index is 632. The van der Waals surface area contributed by atoms with Gasteiger partial charge in [0.05, 0.1) is 5.69 Å². The molecule has 0 spiro atoms. The smallest absolute Gasteiger partial charge is 0.267 e. The molecule has 0 fully saturated rings. The minimum atomic E-state index is -0.273. The molecule has 1 aromatic heterocycles. The van der Waals surface area contributed by atoms with Crippen molar-refractivity contribution >= 4 is 0 Å². The maximum Gasteiger partial charge on any atom is 0.267 e. The average molecular weight is 232 g/mol. The number of aromatic nitrogens is 2. The predicted molar refractivity (Wildman–Crippen MR) is 64.5 cm³/mol. The van der Waals surface area contributed by atoms with Gasteiger partial charge in [0.15, 0.2) is 0 Å². The summed E-state index contributed by atoms with van der Waals surface area (Å²) in [6.45, 7) is 5.41. The molecule has 0 atom stereocenters. The lowest BCUT2D eigenvalue weighted by molar-refractivity contribution is 0.627. The number of aryl methyl sites for hydroxylation is 1. The zero-order valence-electron chi connectivity index (χ0n) is 9.97. The lowest BCUT2D eigenvalue weighted by Gasteiger charge is -2.09. The van der Waals surface area contributed by atoms with Gasteiger partial charge in [0.1, 0.15) is 5.82 Å². The number of rotatable bonds is 1. The van der Waals surface area contributed by atoms with E-state index in [0.29, 0.717) is 11.3 Å². The monoisotopic (exact) mass is 232 g/mol. The van der Waals surface area contributed by atoms with Crippen LogP contribution in [0.3, 0.4) is 0 Å². The number of H-pyrrole nitrogens is 1. The van der Waals surface area contributed by atoms with Gasteiger partial charge in [0.2, 0.25) is 0 Å². The van der Waals surface area contributed by atoms with E-state index in [9.17, 15) is 9.18 Å². The maximum absolute atomic E-state index is 13.0. The van der Waals surface area contributed by atoms with E-state index < -0.39 is 0 Å². The number of hydrogen-bond donors (Lipinski definition) is 1. The quantitative estimate of drug-likeness (QED) is 0.821. The molecular weight excluding hydrogens is 219 g/mol. The Morgan fingerprint density at radius 1 is 1.18 bits per heavy atom. The number of aromatic amines is 1. The molecule has 1 heterocycles. The molecule has 0 aliphatic rings. The first-order valence-corrected chi connectivity index (χ1v) is 5.33. The largest absolute Gasteiger partial charge is 0.268 e. The van der Waals surface area contributed by atoms with Gasteiger partial charge in [-0.1, -0.05) is 0 Å². The van der Waals surface area contributed by atoms with E-state index in [0.717, 1.165) is 16.7 Å². The van der Waals surface area contributed by atoms with Crippen molar-refractivity contribution in [2.45, 2.75) is 20.8 Å². The highest BCUT2D eigenvalue weighted by Gasteiger charge is 2.11. The average Bonchev–Trinajstić information content (AvgIpc) is 2.28. The molecular formula is C13H13FN2O. The number of nitrogens with one attached hydrogen (secondary N) is 1. The zero-order chi connectivity index (χ0) is 12.6. The van der Waals surface area contributed by atoms with E-state index in [-0.39, 0.29) is 11.4 Å². The molecule has 2 aromatic rings. The van der Waals surface area contributed by atoms with Crippen LogP contribution in [0.5, 0.6) is 0 Å². The summed E-state index contributed by atoms with van der Waals surface area (Å²) < 4.78 is 13.0. The molecule has 0 saturated carbocycles. The normalized spacial score (nSPS) is 10.6. The molecule has 0 aliphatic carbocycles. The second kappa shape index (κ2) is 4.13. The molecule has 0 aliphatic heterocycles. The van der Waals surface area contributed by atoms with Crippen molar-refractivity contribution in [3.63, 3.8) is 0 Å². The highest BCUT2D eigenvalue weighted by Crippen LogP contribution is 2.24. The van der Waals surface area contributed by atoms with Crippen LogP contribution in [0.4, 0.5) is 4.39 Å². The summed E-state index contributed by atoms with van der Waals surface area (Å²) in [5, 5.41) is 6.49. The molecule has 1 aromatic carbocycles. The SMILES string of the molecule is Cc1cc(F)ccc1-c1n[nH]c(=O)c(C)c1C. The lowest BCUT2D eigenvalue weighted by Crippen LogP contribution is -2.14. The molecule has 0 saturated heterocycles. The summed E-state index contributed by atoms with van der Waals surface area (Å²) in [5.41, 5.74) is 3.60. The van der Waals surface area contributed by atoms with Gasteiger partial charge in [-0.3, -0.25) is 4.79 Å². The minimum Gasteiger partial charge on any atom is -0.268 e. The molecule has 2 rings (SSSR count). The van der Waals surface area contributed by atoms with Crippen LogP contribution in [0.2, 0.25) is 0 Å². The summed E-state index contributed by atoms with van der Waals surface area (Å²) in [7, 11) is 0. The number of nitrogens with zero attached hydrogens (tertiary/aromatic N) is 1. The van der Waals surface area contributed by atoms with E-state index in [1.807, 2.05) is 13.8 Å². The minimum absolute atomic E-state index is 0.189. The molecule has 1 N–H and O–H groups in total. The Labute approximate surface area is 98.3 Å². The van der Waals surface area contributed by atoms with E-state index >= 15 is 0 Å². The summed E-state index contributed by atoms with van der Waals surface area (Å²) in [6.07, 6.45) is 0. The van der Waals surface area contributed by atoms with Gasteiger partial charge < -0.3 is 0 Å². The first-order valence-electron chi connectivity index (χ1n) is 5.33. The third-order valence-corrected chi connectivity index (χ3v) is 2.97. The van der Waals surface area contributed by atoms with Gasteiger partial charge in [-0.25, -0.2) is 9.49 Å². The third-order valence-electron chi connectivity index (χ3n) is 2.97. The van der Waals surface area contributed by atoms with Crippen LogP contribution < -0.4 is 5.56 Å². The van der Waals surface area contributed by atoms with Crippen molar-refractivity contribution in [1.29, 1.82) is 0 Å². The molecule has 88 valence electrons. The van der Waals surface area contributed by atoms with E-state index in [1.165, 1.54) is 12.1 Å². The maximum atomic E-state index is 13.0. The van der Waals surface area contributed by atoms with Gasteiger partial charge in [-0.15, -0.1) is 0 Å². The fraction of sp³-hybridized carbons (Fsp3) is 0.231. The fourth-order valence-electron chi connectivity index (χ4n) is 1.78. The van der Waals surface area contributed by atoms with Crippen LogP contribution in [-0.4, -0.2) is 10.2 Å². The van der Waals surface area contributed by atoms with E-state index in [2.05, 4.69) is 10.2 Å². The number of benzene rings is 1. The van der Waals surface area contributed by atoms with Gasteiger partial charge >= 0.3 is 0 Å². The fourth-order valence-corrected chi connectivity index (χ4v) is 1.78. The van der Waals surface area contributed by atoms with Crippen LogP contribution >= 0.6 is 0 Å². The molecule has 0 unspecified atom stereocenters. The van der Waals surface area contributed by atoms with Crippen molar-refractivity contribution in [2.24, 2.45) is 0 Å². The van der Waals surface area contributed by atoms with Crippen LogP contribution in [-0.2, 0) is 0 Å². The van der Waals surface area contributed by atoms with Crippen LogP contribution in [0.15, 0.2) is 23.0 Å². The molecule has 4 heteroatoms. The number of halogens is 1. The van der Waals surface area contributed by atoms with Gasteiger partial charge in [-0.05, 0) is 50.1 Å². The summed E-state index contributed by atoms with van der Waals surface area (Å²) in [5.74, 6) is -0.273. The van der Waals surface area contributed by atoms with Crippen LogP contribution in [0.1, 0.15) is 16.7 Å². The Morgan fingerprint density at radius 2 is 1.88 bits per heavy atom. The highest BCUT2D eigenvalue weighted by molar-refractivity contribution is 5.66. The molecule has 0 amide bonds. The summed E-state index contributed by atoms with van der Waals surface area (Å²) >= 11 is 0. The van der Waals surface area contributed by atoms with Crippen LogP contribution in [0, 0.1) is 26.6 Å². The van der Waals surface area contributed by atoms with Crippen molar-refractivity contribution in [3.8, 4) is 11.3 Å². The van der Waals surface area contributed by atoms with Crippen molar-refractivity contribution in [3.05, 3.63) is 51.1 Å². The summed E-state index contributed by atoms with van der Waals surface area (Å²) in [4.78, 5) is 11.4. The van der Waals surface area contributed by atoms with E-state index in [4.69, 9.17) is 0 Å². The van der Waals surface area contributed by atoms with Gasteiger partial charge in [0.25, 0.3) is 5.56 Å². The lowest BCUT2D eigenvalue weighted by atomic mass is 10.0. The van der Waals surface area contributed by atoms with Crippen molar-refractivity contribution in [1.82, 2.24) is 10.2 Å². The second-order valence-corrected chi connectivity index (χ2v) is 4.11. The Morgan fingerprint density at radius 3 is 2.53 bits per heavy atom. The first kappa shape index (κ1) is 11.5. The Balaban J connectivity index is 2.69.